The lowest BCUT2D eigenvalue weighted by Gasteiger charge is -2.24. The molecule has 2 aromatic heterocycles. The number of rotatable bonds is 5. The largest absolute Gasteiger partial charge is 0.305 e. The molecule has 0 atom stereocenters. The fourth-order valence-electron chi connectivity index (χ4n) is 2.73. The van der Waals surface area contributed by atoms with Gasteiger partial charge in [0.05, 0.1) is 16.3 Å². The number of benzene rings is 1. The van der Waals surface area contributed by atoms with Crippen LogP contribution in [0.15, 0.2) is 50.1 Å². The number of hydrogen-bond acceptors (Lipinski definition) is 4. The van der Waals surface area contributed by atoms with Crippen LogP contribution in [0, 0.1) is 0 Å². The Morgan fingerprint density at radius 1 is 1.21 bits per heavy atom. The molecule has 11 heteroatoms. The van der Waals surface area contributed by atoms with E-state index in [2.05, 4.69) is 57.9 Å². The Kier molecular flexibility index (Phi) is 7.16. The van der Waals surface area contributed by atoms with Gasteiger partial charge in [-0.25, -0.2) is 9.67 Å². The third kappa shape index (κ3) is 4.59. The lowest BCUT2D eigenvalue weighted by molar-refractivity contribution is 0.0980. The number of anilines is 1. The van der Waals surface area contributed by atoms with Crippen LogP contribution in [0.2, 0.25) is 5.02 Å². The van der Waals surface area contributed by atoms with Crippen molar-refractivity contribution in [3.05, 3.63) is 66.4 Å². The summed E-state index contributed by atoms with van der Waals surface area (Å²) in [6.45, 7) is 2.06. The normalized spacial score (nSPS) is 10.8. The second-order valence-corrected chi connectivity index (χ2v) is 9.01. The van der Waals surface area contributed by atoms with Crippen LogP contribution in [-0.2, 0) is 0 Å². The maximum atomic E-state index is 13.5. The van der Waals surface area contributed by atoms with Gasteiger partial charge in [-0.2, -0.15) is 5.10 Å². The third-order valence-corrected chi connectivity index (χ3v) is 5.86. The van der Waals surface area contributed by atoms with Crippen LogP contribution in [0.4, 0.5) is 5.69 Å². The zero-order valence-electron chi connectivity index (χ0n) is 14.7. The van der Waals surface area contributed by atoms with Gasteiger partial charge in [0, 0.05) is 27.8 Å². The molecule has 1 amide bonds. The van der Waals surface area contributed by atoms with Gasteiger partial charge in [-0.15, -0.1) is 0 Å². The molecule has 0 saturated carbocycles. The lowest BCUT2D eigenvalue weighted by Crippen LogP contribution is -2.33. The SMILES string of the molecule is CCN(C(=O)c1cc(Br)nn1-c1ncccc1Cl)c1c(Br)cc(Br)cc1C(=O)Cl. The molecule has 0 saturated heterocycles. The van der Waals surface area contributed by atoms with Crippen molar-refractivity contribution in [2.45, 2.75) is 6.92 Å². The summed E-state index contributed by atoms with van der Waals surface area (Å²) in [7, 11) is 0. The highest BCUT2D eigenvalue weighted by Crippen LogP contribution is 2.36. The molecule has 1 aromatic carbocycles. The maximum absolute atomic E-state index is 13.5. The summed E-state index contributed by atoms with van der Waals surface area (Å²) >= 11 is 22.1. The Morgan fingerprint density at radius 3 is 2.55 bits per heavy atom. The molecule has 3 aromatic rings. The van der Waals surface area contributed by atoms with Gasteiger partial charge < -0.3 is 4.90 Å². The fraction of sp³-hybridized carbons (Fsp3) is 0.111. The summed E-state index contributed by atoms with van der Waals surface area (Å²) in [4.78, 5) is 31.2. The molecular formula is C18H11Br3Cl2N4O2. The zero-order valence-corrected chi connectivity index (χ0v) is 20.9. The Morgan fingerprint density at radius 2 is 1.93 bits per heavy atom. The smallest absolute Gasteiger partial charge is 0.277 e. The molecule has 0 fully saturated rings. The van der Waals surface area contributed by atoms with E-state index >= 15 is 0 Å². The van der Waals surface area contributed by atoms with Crippen LogP contribution in [0.5, 0.6) is 0 Å². The van der Waals surface area contributed by atoms with Crippen molar-refractivity contribution < 1.29 is 9.59 Å². The first-order chi connectivity index (χ1) is 13.7. The predicted molar refractivity (Wildman–Crippen MR) is 123 cm³/mol. The second kappa shape index (κ2) is 9.26. The van der Waals surface area contributed by atoms with E-state index in [0.29, 0.717) is 30.1 Å². The van der Waals surface area contributed by atoms with Crippen molar-refractivity contribution >= 4 is 87.8 Å². The molecule has 0 N–H and O–H groups in total. The third-order valence-electron chi connectivity index (χ3n) is 3.91. The molecule has 150 valence electrons. The van der Waals surface area contributed by atoms with E-state index in [4.69, 9.17) is 23.2 Å². The topological polar surface area (TPSA) is 68.1 Å². The van der Waals surface area contributed by atoms with E-state index in [-0.39, 0.29) is 17.8 Å². The van der Waals surface area contributed by atoms with Crippen molar-refractivity contribution in [1.82, 2.24) is 14.8 Å². The number of pyridine rings is 1. The summed E-state index contributed by atoms with van der Waals surface area (Å²) in [5.41, 5.74) is 0.753. The molecule has 0 bridgehead atoms. The summed E-state index contributed by atoms with van der Waals surface area (Å²) in [6, 6.07) is 8.19. The van der Waals surface area contributed by atoms with Crippen LogP contribution in [0.1, 0.15) is 27.8 Å². The van der Waals surface area contributed by atoms with Crippen LogP contribution in [0.3, 0.4) is 0 Å². The van der Waals surface area contributed by atoms with Crippen molar-refractivity contribution in [2.75, 3.05) is 11.4 Å². The molecule has 3 rings (SSSR count). The minimum atomic E-state index is -0.685. The van der Waals surface area contributed by atoms with E-state index in [9.17, 15) is 9.59 Å². The molecule has 0 aliphatic heterocycles. The van der Waals surface area contributed by atoms with Gasteiger partial charge in [0.2, 0.25) is 0 Å². The van der Waals surface area contributed by atoms with Gasteiger partial charge >= 0.3 is 0 Å². The van der Waals surface area contributed by atoms with E-state index in [1.807, 2.05) is 0 Å². The average Bonchev–Trinajstić information content (AvgIpc) is 3.05. The van der Waals surface area contributed by atoms with Gasteiger partial charge in [-0.1, -0.05) is 27.5 Å². The first-order valence-corrected chi connectivity index (χ1v) is 11.2. The van der Waals surface area contributed by atoms with E-state index in [0.717, 1.165) is 0 Å². The molecule has 0 radical (unpaired) electrons. The number of nitrogens with zero attached hydrogens (tertiary/aromatic N) is 4. The van der Waals surface area contributed by atoms with Crippen molar-refractivity contribution in [2.24, 2.45) is 0 Å². The molecule has 0 unspecified atom stereocenters. The van der Waals surface area contributed by atoms with Crippen LogP contribution in [0.25, 0.3) is 5.82 Å². The van der Waals surface area contributed by atoms with Crippen LogP contribution < -0.4 is 4.90 Å². The minimum absolute atomic E-state index is 0.184. The van der Waals surface area contributed by atoms with Gasteiger partial charge in [0.25, 0.3) is 11.1 Å². The van der Waals surface area contributed by atoms with Crippen LogP contribution in [-0.4, -0.2) is 32.5 Å². The van der Waals surface area contributed by atoms with Crippen LogP contribution >= 0.6 is 71.0 Å². The first kappa shape index (κ1) is 22.4. The quantitative estimate of drug-likeness (QED) is 0.314. The van der Waals surface area contributed by atoms with Crippen molar-refractivity contribution in [3.8, 4) is 5.82 Å². The average molecular weight is 626 g/mol. The number of aromatic nitrogens is 3. The Balaban J connectivity index is 2.17. The van der Waals surface area contributed by atoms with E-state index in [1.54, 1.807) is 43.5 Å². The Bertz CT molecular complexity index is 1120. The lowest BCUT2D eigenvalue weighted by atomic mass is 10.1. The Labute approximate surface area is 201 Å². The first-order valence-electron chi connectivity index (χ1n) is 8.11. The number of carbonyl (C=O) groups is 2. The highest BCUT2D eigenvalue weighted by atomic mass is 79.9. The molecule has 6 nitrogen and oxygen atoms in total. The predicted octanol–water partition coefficient (Wildman–Crippen LogP) is 6.25. The molecular weight excluding hydrogens is 615 g/mol. The molecule has 0 spiro atoms. The summed E-state index contributed by atoms with van der Waals surface area (Å²) in [6.07, 6.45) is 1.55. The number of amides is 1. The number of carbonyl (C=O) groups excluding carboxylic acids is 2. The van der Waals surface area contributed by atoms with E-state index in [1.165, 1.54) is 9.58 Å². The summed E-state index contributed by atoms with van der Waals surface area (Å²) in [5.74, 6) is -0.0996. The van der Waals surface area contributed by atoms with E-state index < -0.39 is 11.1 Å². The summed E-state index contributed by atoms with van der Waals surface area (Å²) in [5, 5.41) is 3.94. The van der Waals surface area contributed by atoms with Gasteiger partial charge in [-0.05, 0) is 74.7 Å². The molecule has 0 aliphatic carbocycles. The van der Waals surface area contributed by atoms with Crippen molar-refractivity contribution in [1.29, 1.82) is 0 Å². The Hall–Kier alpha value is -1.26. The van der Waals surface area contributed by atoms with Crippen molar-refractivity contribution in [3.63, 3.8) is 0 Å². The van der Waals surface area contributed by atoms with Gasteiger partial charge in [0.1, 0.15) is 10.3 Å². The molecule has 29 heavy (non-hydrogen) atoms. The van der Waals surface area contributed by atoms with Gasteiger partial charge in [0.15, 0.2) is 5.82 Å². The standard InChI is InChI=1S/C18H11Br3Cl2N4O2/c1-2-26(15-10(16(23)28)6-9(19)7-11(15)20)18(29)13-8-14(21)25-27(13)17-12(22)4-3-5-24-17/h3-8H,2H2,1H3. The highest BCUT2D eigenvalue weighted by Gasteiger charge is 2.28. The number of hydrogen-bond donors (Lipinski definition) is 0. The second-order valence-electron chi connectivity index (χ2n) is 5.68. The molecule has 2 heterocycles. The number of halogens is 5. The minimum Gasteiger partial charge on any atom is -0.305 e. The summed E-state index contributed by atoms with van der Waals surface area (Å²) < 4.78 is 2.97. The maximum Gasteiger partial charge on any atom is 0.277 e. The zero-order chi connectivity index (χ0) is 21.3. The van der Waals surface area contributed by atoms with Gasteiger partial charge in [-0.3, -0.25) is 9.59 Å². The fourth-order valence-corrected chi connectivity index (χ4v) is 4.89. The molecule has 0 aliphatic rings. The highest BCUT2D eigenvalue weighted by molar-refractivity contribution is 9.11. The monoisotopic (exact) mass is 622 g/mol.